The summed E-state index contributed by atoms with van der Waals surface area (Å²) in [6.07, 6.45) is 4.21. The van der Waals surface area contributed by atoms with Crippen molar-refractivity contribution in [3.63, 3.8) is 0 Å². The fraction of sp³-hybridized carbons (Fsp3) is 0.636. The van der Waals surface area contributed by atoms with E-state index in [1.54, 1.807) is 11.3 Å². The molecule has 1 aromatic heterocycles. The minimum Gasteiger partial charge on any atom is -0.246 e. The second-order valence-electron chi connectivity index (χ2n) is 3.92. The van der Waals surface area contributed by atoms with Crippen molar-refractivity contribution in [2.45, 2.75) is 44.9 Å². The van der Waals surface area contributed by atoms with Crippen LogP contribution in [0.2, 0.25) is 0 Å². The van der Waals surface area contributed by atoms with Crippen LogP contribution in [0.1, 0.15) is 41.8 Å². The molecule has 0 radical (unpaired) electrons. The molecular weight excluding hydrogens is 192 g/mol. The highest BCUT2D eigenvalue weighted by molar-refractivity contribution is 7.12. The zero-order valence-electron chi connectivity index (χ0n) is 8.63. The van der Waals surface area contributed by atoms with Gasteiger partial charge in [0.25, 0.3) is 0 Å². The van der Waals surface area contributed by atoms with Crippen LogP contribution in [0.25, 0.3) is 0 Å². The van der Waals surface area contributed by atoms with Crippen LogP contribution in [0.5, 0.6) is 0 Å². The summed E-state index contributed by atoms with van der Waals surface area (Å²) in [5, 5.41) is 10.4. The van der Waals surface area contributed by atoms with Gasteiger partial charge in [-0.1, -0.05) is 6.92 Å². The summed E-state index contributed by atoms with van der Waals surface area (Å²) in [4.78, 5) is 5.72. The molecule has 0 bridgehead atoms. The normalized spacial score (nSPS) is 18.6. The maximum absolute atomic E-state index is 9.23. The van der Waals surface area contributed by atoms with Gasteiger partial charge in [0, 0.05) is 4.88 Å². The Morgan fingerprint density at radius 1 is 1.57 bits per heavy atom. The summed E-state index contributed by atoms with van der Waals surface area (Å²) in [6, 6.07) is 2.48. The number of rotatable bonds is 2. The van der Waals surface area contributed by atoms with Crippen LogP contribution in [-0.4, -0.2) is 4.98 Å². The van der Waals surface area contributed by atoms with Crippen molar-refractivity contribution >= 4 is 11.3 Å². The van der Waals surface area contributed by atoms with Gasteiger partial charge < -0.3 is 0 Å². The van der Waals surface area contributed by atoms with Crippen LogP contribution < -0.4 is 0 Å². The van der Waals surface area contributed by atoms with Crippen molar-refractivity contribution in [1.82, 2.24) is 4.98 Å². The fourth-order valence-corrected chi connectivity index (χ4v) is 3.17. The van der Waals surface area contributed by atoms with E-state index in [0.717, 1.165) is 25.0 Å². The van der Waals surface area contributed by atoms with Crippen LogP contribution in [0.15, 0.2) is 0 Å². The van der Waals surface area contributed by atoms with Gasteiger partial charge in [-0.25, -0.2) is 4.98 Å². The molecule has 0 unspecified atom stereocenters. The lowest BCUT2D eigenvalue weighted by Crippen LogP contribution is -2.32. The average molecular weight is 206 g/mol. The molecule has 3 heteroatoms. The van der Waals surface area contributed by atoms with Crippen molar-refractivity contribution in [3.05, 3.63) is 15.6 Å². The number of hydrogen-bond donors (Lipinski definition) is 0. The third-order valence-corrected chi connectivity index (χ3v) is 4.50. The van der Waals surface area contributed by atoms with Gasteiger partial charge in [-0.15, -0.1) is 11.3 Å². The second kappa shape index (κ2) is 3.36. The number of aromatic nitrogens is 1. The number of nitriles is 1. The Bertz CT molecular complexity index is 382. The van der Waals surface area contributed by atoms with E-state index in [1.807, 2.05) is 6.92 Å². The highest BCUT2D eigenvalue weighted by atomic mass is 32.1. The molecule has 1 aliphatic carbocycles. The van der Waals surface area contributed by atoms with Crippen molar-refractivity contribution in [1.29, 1.82) is 5.26 Å². The smallest absolute Gasteiger partial charge is 0.0933 e. The van der Waals surface area contributed by atoms with Crippen molar-refractivity contribution < 1.29 is 0 Å². The Morgan fingerprint density at radius 2 is 2.29 bits per heavy atom. The molecular formula is C11H14N2S. The molecule has 2 nitrogen and oxygen atoms in total. The Hall–Kier alpha value is -0.880. The van der Waals surface area contributed by atoms with Crippen LogP contribution in [0.4, 0.5) is 0 Å². The summed E-state index contributed by atoms with van der Waals surface area (Å²) >= 11 is 1.73. The van der Waals surface area contributed by atoms with Crippen LogP contribution in [0, 0.1) is 18.3 Å². The van der Waals surface area contributed by atoms with E-state index in [9.17, 15) is 5.26 Å². The number of nitrogens with zero attached hydrogens (tertiary/aromatic N) is 2. The predicted molar refractivity (Wildman–Crippen MR) is 57.4 cm³/mol. The fourth-order valence-electron chi connectivity index (χ4n) is 1.97. The lowest BCUT2D eigenvalue weighted by Gasteiger charge is -2.34. The van der Waals surface area contributed by atoms with Gasteiger partial charge in [0.05, 0.1) is 22.2 Å². The molecule has 2 rings (SSSR count). The minimum absolute atomic E-state index is 0.171. The van der Waals surface area contributed by atoms with E-state index >= 15 is 0 Å². The second-order valence-corrected chi connectivity index (χ2v) is 5.01. The van der Waals surface area contributed by atoms with Gasteiger partial charge in [-0.05, 0) is 32.6 Å². The molecule has 14 heavy (non-hydrogen) atoms. The molecule has 74 valence electrons. The quantitative estimate of drug-likeness (QED) is 0.746. The largest absolute Gasteiger partial charge is 0.246 e. The van der Waals surface area contributed by atoms with Gasteiger partial charge in [-0.3, -0.25) is 0 Å². The number of hydrogen-bond acceptors (Lipinski definition) is 3. The molecule has 0 amide bonds. The molecule has 1 fully saturated rings. The Balaban J connectivity index is 2.40. The maximum Gasteiger partial charge on any atom is 0.0933 e. The van der Waals surface area contributed by atoms with Crippen molar-refractivity contribution in [2.24, 2.45) is 0 Å². The van der Waals surface area contributed by atoms with Crippen molar-refractivity contribution in [3.8, 4) is 6.07 Å². The first kappa shape index (κ1) is 9.67. The molecule has 0 aromatic carbocycles. The number of aryl methyl sites for hydroxylation is 2. The highest BCUT2D eigenvalue weighted by Gasteiger charge is 2.41. The van der Waals surface area contributed by atoms with Crippen LogP contribution >= 0.6 is 11.3 Å². The van der Waals surface area contributed by atoms with Crippen LogP contribution in [-0.2, 0) is 11.8 Å². The van der Waals surface area contributed by atoms with E-state index in [2.05, 4.69) is 18.0 Å². The molecule has 0 spiro atoms. The molecule has 0 atom stereocenters. The first-order valence-electron chi connectivity index (χ1n) is 5.10. The maximum atomic E-state index is 9.23. The lowest BCUT2D eigenvalue weighted by atomic mass is 9.68. The van der Waals surface area contributed by atoms with Gasteiger partial charge in [0.1, 0.15) is 0 Å². The molecule has 1 heterocycles. The zero-order valence-corrected chi connectivity index (χ0v) is 9.45. The van der Waals surface area contributed by atoms with E-state index in [-0.39, 0.29) is 5.41 Å². The monoisotopic (exact) mass is 206 g/mol. The topological polar surface area (TPSA) is 36.7 Å². The van der Waals surface area contributed by atoms with E-state index in [4.69, 9.17) is 0 Å². The first-order valence-corrected chi connectivity index (χ1v) is 5.91. The summed E-state index contributed by atoms with van der Waals surface area (Å²) in [5.41, 5.74) is 0.905. The summed E-state index contributed by atoms with van der Waals surface area (Å²) in [7, 11) is 0. The van der Waals surface area contributed by atoms with E-state index < -0.39 is 0 Å². The molecule has 0 N–H and O–H groups in total. The van der Waals surface area contributed by atoms with Gasteiger partial charge in [-0.2, -0.15) is 5.26 Å². The summed E-state index contributed by atoms with van der Waals surface area (Å²) < 4.78 is 0. The number of thiazole rings is 1. The third kappa shape index (κ3) is 1.26. The van der Waals surface area contributed by atoms with Crippen molar-refractivity contribution in [2.75, 3.05) is 0 Å². The highest BCUT2D eigenvalue weighted by Crippen LogP contribution is 2.46. The average Bonchev–Trinajstić information content (AvgIpc) is 2.48. The molecule has 0 saturated heterocycles. The zero-order chi connectivity index (χ0) is 10.2. The van der Waals surface area contributed by atoms with E-state index in [0.29, 0.717) is 0 Å². The molecule has 1 saturated carbocycles. The summed E-state index contributed by atoms with van der Waals surface area (Å²) in [5.74, 6) is 0. The van der Waals surface area contributed by atoms with Gasteiger partial charge in [0.15, 0.2) is 0 Å². The Labute approximate surface area is 88.6 Å². The minimum atomic E-state index is -0.171. The van der Waals surface area contributed by atoms with E-state index in [1.165, 1.54) is 16.3 Å². The Kier molecular flexibility index (Phi) is 2.32. The van der Waals surface area contributed by atoms with Crippen LogP contribution in [0.3, 0.4) is 0 Å². The molecule has 0 aliphatic heterocycles. The Morgan fingerprint density at radius 3 is 2.64 bits per heavy atom. The SMILES string of the molecule is CCc1nc(C)c(C2(C#N)CCC2)s1. The first-order chi connectivity index (χ1) is 6.72. The van der Waals surface area contributed by atoms with Gasteiger partial charge >= 0.3 is 0 Å². The standard InChI is InChI=1S/C11H14N2S/c1-3-9-13-8(2)10(14-9)11(7-12)5-4-6-11/h3-6H2,1-2H3. The molecule has 1 aromatic rings. The molecule has 1 aliphatic rings. The lowest BCUT2D eigenvalue weighted by molar-refractivity contribution is 0.328. The summed E-state index contributed by atoms with van der Waals surface area (Å²) in [6.45, 7) is 4.14. The third-order valence-electron chi connectivity index (χ3n) is 3.00. The predicted octanol–water partition coefficient (Wildman–Crippen LogP) is 2.96. The van der Waals surface area contributed by atoms with Gasteiger partial charge in [0.2, 0.25) is 0 Å².